The van der Waals surface area contributed by atoms with Gasteiger partial charge in [-0.05, 0) is 25.3 Å². The van der Waals surface area contributed by atoms with E-state index in [9.17, 15) is 9.59 Å². The SMILES string of the molecule is CCCCC/C=C(/C=C/C(=O)CC)CCC(=O)NC. The number of allylic oxidation sites excluding steroid dienone is 4. The molecular weight excluding hydrogens is 238 g/mol. The van der Waals surface area contributed by atoms with Crippen molar-refractivity contribution < 1.29 is 9.59 Å². The highest BCUT2D eigenvalue weighted by atomic mass is 16.1. The molecule has 0 fully saturated rings. The number of hydrogen-bond donors (Lipinski definition) is 1. The smallest absolute Gasteiger partial charge is 0.220 e. The minimum absolute atomic E-state index is 0.0367. The lowest BCUT2D eigenvalue weighted by Crippen LogP contribution is -2.17. The highest BCUT2D eigenvalue weighted by Gasteiger charge is 2.01. The van der Waals surface area contributed by atoms with E-state index < -0.39 is 0 Å². The molecule has 0 spiro atoms. The second-order valence-electron chi connectivity index (χ2n) is 4.60. The van der Waals surface area contributed by atoms with E-state index >= 15 is 0 Å². The molecule has 0 aromatic rings. The summed E-state index contributed by atoms with van der Waals surface area (Å²) in [5.41, 5.74) is 1.08. The quantitative estimate of drug-likeness (QED) is 0.373. The van der Waals surface area contributed by atoms with Crippen molar-refractivity contribution in [3.8, 4) is 0 Å². The summed E-state index contributed by atoms with van der Waals surface area (Å²) in [4.78, 5) is 22.6. The van der Waals surface area contributed by atoms with E-state index in [0.717, 1.165) is 18.4 Å². The lowest BCUT2D eigenvalue weighted by atomic mass is 10.1. The van der Waals surface area contributed by atoms with E-state index in [1.54, 1.807) is 13.1 Å². The molecule has 3 heteroatoms. The van der Waals surface area contributed by atoms with Gasteiger partial charge in [0.1, 0.15) is 0 Å². The van der Waals surface area contributed by atoms with Crippen molar-refractivity contribution in [2.24, 2.45) is 0 Å². The third kappa shape index (κ3) is 10.2. The number of rotatable bonds is 10. The van der Waals surface area contributed by atoms with Gasteiger partial charge in [-0.15, -0.1) is 0 Å². The topological polar surface area (TPSA) is 46.2 Å². The maximum absolute atomic E-state index is 11.3. The van der Waals surface area contributed by atoms with Gasteiger partial charge < -0.3 is 5.32 Å². The number of hydrogen-bond acceptors (Lipinski definition) is 2. The van der Waals surface area contributed by atoms with Gasteiger partial charge in [-0.1, -0.05) is 44.4 Å². The molecule has 0 aliphatic rings. The van der Waals surface area contributed by atoms with Crippen LogP contribution in [0.5, 0.6) is 0 Å². The molecule has 0 aromatic heterocycles. The van der Waals surface area contributed by atoms with Crippen molar-refractivity contribution in [2.75, 3.05) is 7.05 Å². The van der Waals surface area contributed by atoms with Crippen molar-refractivity contribution >= 4 is 11.7 Å². The highest BCUT2D eigenvalue weighted by Crippen LogP contribution is 2.11. The van der Waals surface area contributed by atoms with Crippen LogP contribution in [-0.4, -0.2) is 18.7 Å². The van der Waals surface area contributed by atoms with Crippen molar-refractivity contribution in [3.63, 3.8) is 0 Å². The Morgan fingerprint density at radius 3 is 2.37 bits per heavy atom. The first-order valence-corrected chi connectivity index (χ1v) is 7.24. The van der Waals surface area contributed by atoms with Crippen molar-refractivity contribution in [3.05, 3.63) is 23.8 Å². The molecule has 0 saturated carbocycles. The maximum Gasteiger partial charge on any atom is 0.220 e. The van der Waals surface area contributed by atoms with Gasteiger partial charge in [-0.25, -0.2) is 0 Å². The Balaban J connectivity index is 4.40. The molecule has 3 nitrogen and oxygen atoms in total. The van der Waals surface area contributed by atoms with Crippen LogP contribution in [0.2, 0.25) is 0 Å². The van der Waals surface area contributed by atoms with E-state index in [1.165, 1.54) is 12.8 Å². The predicted octanol–water partition coefficient (Wildman–Crippen LogP) is 3.55. The number of carbonyl (C=O) groups excluding carboxylic acids is 2. The molecular formula is C16H27NO2. The molecule has 0 aliphatic carbocycles. The predicted molar refractivity (Wildman–Crippen MR) is 80.0 cm³/mol. The Hall–Kier alpha value is -1.38. The molecule has 1 amide bonds. The van der Waals surface area contributed by atoms with Gasteiger partial charge in [0.15, 0.2) is 5.78 Å². The average molecular weight is 265 g/mol. The Morgan fingerprint density at radius 2 is 1.79 bits per heavy atom. The van der Waals surface area contributed by atoms with E-state index in [0.29, 0.717) is 19.3 Å². The largest absolute Gasteiger partial charge is 0.359 e. The Bertz CT molecular complexity index is 330. The molecule has 0 radical (unpaired) electrons. The summed E-state index contributed by atoms with van der Waals surface area (Å²) < 4.78 is 0. The van der Waals surface area contributed by atoms with Crippen molar-refractivity contribution in [2.45, 2.75) is 58.8 Å². The molecule has 0 aliphatic heterocycles. The Labute approximate surface area is 117 Å². The number of unbranched alkanes of at least 4 members (excludes halogenated alkanes) is 3. The van der Waals surface area contributed by atoms with Crippen LogP contribution >= 0.6 is 0 Å². The fraction of sp³-hybridized carbons (Fsp3) is 0.625. The monoisotopic (exact) mass is 265 g/mol. The van der Waals surface area contributed by atoms with Gasteiger partial charge >= 0.3 is 0 Å². The third-order valence-corrected chi connectivity index (χ3v) is 2.97. The minimum Gasteiger partial charge on any atom is -0.359 e. The standard InChI is InChI=1S/C16H27NO2/c1-4-6-7-8-9-14(10-12-15(18)5-2)11-13-16(19)17-3/h9-10,12H,4-8,11,13H2,1-3H3,(H,17,19)/b12-10+,14-9-. The summed E-state index contributed by atoms with van der Waals surface area (Å²) in [6.07, 6.45) is 11.9. The van der Waals surface area contributed by atoms with Gasteiger partial charge in [-0.3, -0.25) is 9.59 Å². The molecule has 0 rings (SSSR count). The average Bonchev–Trinajstić information content (AvgIpc) is 2.44. The molecule has 0 atom stereocenters. The summed E-state index contributed by atoms with van der Waals surface area (Å²) in [7, 11) is 1.64. The van der Waals surface area contributed by atoms with Gasteiger partial charge in [0.25, 0.3) is 0 Å². The molecule has 0 heterocycles. The summed E-state index contributed by atoms with van der Waals surface area (Å²) in [6, 6.07) is 0. The lowest BCUT2D eigenvalue weighted by molar-refractivity contribution is -0.120. The molecule has 108 valence electrons. The van der Waals surface area contributed by atoms with E-state index in [1.807, 2.05) is 13.0 Å². The zero-order chi connectivity index (χ0) is 14.5. The zero-order valence-electron chi connectivity index (χ0n) is 12.5. The van der Waals surface area contributed by atoms with Crippen LogP contribution < -0.4 is 5.32 Å². The Kier molecular flexibility index (Phi) is 10.8. The Morgan fingerprint density at radius 1 is 1.05 bits per heavy atom. The third-order valence-electron chi connectivity index (χ3n) is 2.97. The summed E-state index contributed by atoms with van der Waals surface area (Å²) >= 11 is 0. The van der Waals surface area contributed by atoms with Gasteiger partial charge in [0.05, 0.1) is 0 Å². The second kappa shape index (κ2) is 11.7. The van der Waals surface area contributed by atoms with Crippen LogP contribution in [0, 0.1) is 0 Å². The lowest BCUT2D eigenvalue weighted by Gasteiger charge is -2.03. The van der Waals surface area contributed by atoms with Crippen LogP contribution in [-0.2, 0) is 9.59 Å². The van der Waals surface area contributed by atoms with Gasteiger partial charge in [0.2, 0.25) is 5.91 Å². The molecule has 0 saturated heterocycles. The van der Waals surface area contributed by atoms with Crippen LogP contribution in [0.15, 0.2) is 23.8 Å². The van der Waals surface area contributed by atoms with Gasteiger partial charge in [-0.2, -0.15) is 0 Å². The number of amides is 1. The summed E-state index contributed by atoms with van der Waals surface area (Å²) in [5.74, 6) is 0.161. The van der Waals surface area contributed by atoms with Crippen molar-refractivity contribution in [1.29, 1.82) is 0 Å². The number of carbonyl (C=O) groups is 2. The van der Waals surface area contributed by atoms with E-state index in [4.69, 9.17) is 0 Å². The number of ketones is 1. The summed E-state index contributed by atoms with van der Waals surface area (Å²) in [5, 5.41) is 2.62. The van der Waals surface area contributed by atoms with Crippen molar-refractivity contribution in [1.82, 2.24) is 5.32 Å². The molecule has 0 aromatic carbocycles. The maximum atomic E-state index is 11.3. The molecule has 1 N–H and O–H groups in total. The van der Waals surface area contributed by atoms with Crippen LogP contribution in [0.1, 0.15) is 58.8 Å². The summed E-state index contributed by atoms with van der Waals surface area (Å²) in [6.45, 7) is 4.03. The van der Waals surface area contributed by atoms with E-state index in [2.05, 4.69) is 18.3 Å². The fourth-order valence-corrected chi connectivity index (χ4v) is 1.64. The van der Waals surface area contributed by atoms with Crippen LogP contribution in [0.4, 0.5) is 0 Å². The van der Waals surface area contributed by atoms with Gasteiger partial charge in [0, 0.05) is 19.9 Å². The van der Waals surface area contributed by atoms with E-state index in [-0.39, 0.29) is 11.7 Å². The normalized spacial score (nSPS) is 11.8. The second-order valence-corrected chi connectivity index (χ2v) is 4.60. The first kappa shape index (κ1) is 17.6. The fourth-order valence-electron chi connectivity index (χ4n) is 1.64. The first-order valence-electron chi connectivity index (χ1n) is 7.24. The number of nitrogens with one attached hydrogen (secondary N) is 1. The van der Waals surface area contributed by atoms with Crippen LogP contribution in [0.3, 0.4) is 0 Å². The first-order chi connectivity index (χ1) is 9.13. The minimum atomic E-state index is 0.0367. The molecule has 0 unspecified atom stereocenters. The molecule has 19 heavy (non-hydrogen) atoms. The van der Waals surface area contributed by atoms with Crippen LogP contribution in [0.25, 0.3) is 0 Å². The highest BCUT2D eigenvalue weighted by molar-refractivity contribution is 5.89. The zero-order valence-corrected chi connectivity index (χ0v) is 12.5. The molecule has 0 bridgehead atoms.